The number of ether oxygens (including phenoxy) is 2. The lowest BCUT2D eigenvalue weighted by atomic mass is 10.1. The number of pyridine rings is 1. The van der Waals surface area contributed by atoms with Crippen molar-refractivity contribution in [2.24, 2.45) is 0 Å². The van der Waals surface area contributed by atoms with Crippen molar-refractivity contribution in [1.29, 1.82) is 0 Å². The first-order chi connectivity index (χ1) is 9.15. The molecule has 19 heavy (non-hydrogen) atoms. The summed E-state index contributed by atoms with van der Waals surface area (Å²) in [6, 6.07) is 3.69. The summed E-state index contributed by atoms with van der Waals surface area (Å²) in [6.07, 6.45) is 1.69. The van der Waals surface area contributed by atoms with Gasteiger partial charge in [0.15, 0.2) is 18.2 Å². The molecule has 1 aromatic rings. The maximum Gasteiger partial charge on any atom is 0.258 e. The predicted molar refractivity (Wildman–Crippen MR) is 70.9 cm³/mol. The zero-order valence-corrected chi connectivity index (χ0v) is 11.0. The molecule has 2 heterocycles. The molecule has 0 unspecified atom stereocenters. The van der Waals surface area contributed by atoms with Crippen LogP contribution >= 0.6 is 0 Å². The van der Waals surface area contributed by atoms with E-state index in [1.54, 1.807) is 12.1 Å². The van der Waals surface area contributed by atoms with Crippen LogP contribution in [0.15, 0.2) is 12.1 Å². The van der Waals surface area contributed by atoms with E-state index in [4.69, 9.17) is 15.2 Å². The Morgan fingerprint density at radius 1 is 1.53 bits per heavy atom. The first-order valence-corrected chi connectivity index (χ1v) is 6.38. The van der Waals surface area contributed by atoms with Crippen molar-refractivity contribution >= 4 is 11.7 Å². The number of nitrogen functional groups attached to an aromatic ring is 1. The SMILES string of the molecule is Cc1ccc(OCC(=O)NC2CCOCC2)c(N)n1. The number of aromatic nitrogens is 1. The van der Waals surface area contributed by atoms with Crippen molar-refractivity contribution in [3.8, 4) is 5.75 Å². The molecule has 3 N–H and O–H groups in total. The molecule has 0 radical (unpaired) electrons. The van der Waals surface area contributed by atoms with Crippen LogP contribution in [0.25, 0.3) is 0 Å². The minimum atomic E-state index is -0.146. The second-order valence-corrected chi connectivity index (χ2v) is 4.58. The summed E-state index contributed by atoms with van der Waals surface area (Å²) in [5.41, 5.74) is 6.52. The number of anilines is 1. The van der Waals surface area contributed by atoms with E-state index < -0.39 is 0 Å². The number of rotatable bonds is 4. The summed E-state index contributed by atoms with van der Waals surface area (Å²) in [6.45, 7) is 3.19. The van der Waals surface area contributed by atoms with Gasteiger partial charge in [0.05, 0.1) is 0 Å². The molecule has 1 fully saturated rings. The summed E-state index contributed by atoms with van der Waals surface area (Å²) >= 11 is 0. The van der Waals surface area contributed by atoms with Crippen molar-refractivity contribution < 1.29 is 14.3 Å². The normalized spacial score (nSPS) is 16.1. The third-order valence-corrected chi connectivity index (χ3v) is 2.97. The molecular formula is C13H19N3O3. The third kappa shape index (κ3) is 4.10. The van der Waals surface area contributed by atoms with Crippen LogP contribution in [0.5, 0.6) is 5.75 Å². The number of carbonyl (C=O) groups excluding carboxylic acids is 1. The quantitative estimate of drug-likeness (QED) is 0.834. The van der Waals surface area contributed by atoms with Crippen LogP contribution in [-0.2, 0) is 9.53 Å². The number of carbonyl (C=O) groups is 1. The molecule has 1 saturated heterocycles. The molecule has 0 bridgehead atoms. The lowest BCUT2D eigenvalue weighted by Crippen LogP contribution is -2.41. The number of hydrogen-bond acceptors (Lipinski definition) is 5. The van der Waals surface area contributed by atoms with Crippen molar-refractivity contribution in [2.45, 2.75) is 25.8 Å². The topological polar surface area (TPSA) is 86.5 Å². The zero-order chi connectivity index (χ0) is 13.7. The van der Waals surface area contributed by atoms with Crippen LogP contribution in [0.2, 0.25) is 0 Å². The molecule has 2 rings (SSSR count). The Hall–Kier alpha value is -1.82. The van der Waals surface area contributed by atoms with E-state index in [0.717, 1.165) is 18.5 Å². The smallest absolute Gasteiger partial charge is 0.258 e. The van der Waals surface area contributed by atoms with Crippen LogP contribution in [0, 0.1) is 6.92 Å². The molecule has 1 aliphatic heterocycles. The molecular weight excluding hydrogens is 246 g/mol. The van der Waals surface area contributed by atoms with Gasteiger partial charge >= 0.3 is 0 Å². The summed E-state index contributed by atoms with van der Waals surface area (Å²) in [7, 11) is 0. The van der Waals surface area contributed by atoms with Crippen molar-refractivity contribution in [1.82, 2.24) is 10.3 Å². The number of amides is 1. The highest BCUT2D eigenvalue weighted by Gasteiger charge is 2.16. The van der Waals surface area contributed by atoms with Gasteiger partial charge in [0.1, 0.15) is 0 Å². The molecule has 0 aliphatic carbocycles. The Balaban J connectivity index is 1.79. The fraction of sp³-hybridized carbons (Fsp3) is 0.538. The third-order valence-electron chi connectivity index (χ3n) is 2.97. The van der Waals surface area contributed by atoms with E-state index in [9.17, 15) is 4.79 Å². The largest absolute Gasteiger partial charge is 0.480 e. The van der Waals surface area contributed by atoms with Gasteiger partial charge in [0, 0.05) is 24.9 Å². The second-order valence-electron chi connectivity index (χ2n) is 4.58. The first kappa shape index (κ1) is 13.6. The van der Waals surface area contributed by atoms with Crippen molar-refractivity contribution in [2.75, 3.05) is 25.6 Å². The number of aryl methyl sites for hydroxylation is 1. The summed E-state index contributed by atoms with van der Waals surface area (Å²) in [4.78, 5) is 15.8. The van der Waals surface area contributed by atoms with Gasteiger partial charge in [-0.15, -0.1) is 0 Å². The van der Waals surface area contributed by atoms with Gasteiger partial charge in [0.2, 0.25) is 0 Å². The standard InChI is InChI=1S/C13H19N3O3/c1-9-2-3-11(13(14)15-9)19-8-12(17)16-10-4-6-18-7-5-10/h2-3,10H,4-8H2,1H3,(H2,14,15)(H,16,17). The van der Waals surface area contributed by atoms with Gasteiger partial charge in [-0.1, -0.05) is 0 Å². The van der Waals surface area contributed by atoms with Gasteiger partial charge in [-0.3, -0.25) is 4.79 Å². The van der Waals surface area contributed by atoms with E-state index in [0.29, 0.717) is 24.8 Å². The molecule has 1 aliphatic rings. The number of nitrogens with one attached hydrogen (secondary N) is 1. The summed E-state index contributed by atoms with van der Waals surface area (Å²) in [5.74, 6) is 0.596. The maximum absolute atomic E-state index is 11.7. The Morgan fingerprint density at radius 3 is 2.95 bits per heavy atom. The molecule has 0 spiro atoms. The first-order valence-electron chi connectivity index (χ1n) is 6.38. The van der Waals surface area contributed by atoms with Crippen LogP contribution in [0.1, 0.15) is 18.5 Å². The lowest BCUT2D eigenvalue weighted by Gasteiger charge is -2.23. The predicted octanol–water partition coefficient (Wildman–Crippen LogP) is 0.646. The Bertz CT molecular complexity index is 445. The molecule has 0 atom stereocenters. The summed E-state index contributed by atoms with van der Waals surface area (Å²) in [5, 5.41) is 2.91. The number of nitrogens with two attached hydrogens (primary N) is 1. The molecule has 6 nitrogen and oxygen atoms in total. The second kappa shape index (κ2) is 6.38. The molecule has 1 aromatic heterocycles. The fourth-order valence-electron chi connectivity index (χ4n) is 1.94. The van der Waals surface area contributed by atoms with Crippen molar-refractivity contribution in [3.63, 3.8) is 0 Å². The highest BCUT2D eigenvalue weighted by molar-refractivity contribution is 5.78. The Kier molecular flexibility index (Phi) is 4.57. The van der Waals surface area contributed by atoms with Crippen LogP contribution < -0.4 is 15.8 Å². The highest BCUT2D eigenvalue weighted by atomic mass is 16.5. The van der Waals surface area contributed by atoms with Crippen LogP contribution in [-0.4, -0.2) is 36.8 Å². The van der Waals surface area contributed by atoms with Gasteiger partial charge in [-0.2, -0.15) is 0 Å². The molecule has 0 aromatic carbocycles. The van der Waals surface area contributed by atoms with E-state index in [-0.39, 0.29) is 18.6 Å². The monoisotopic (exact) mass is 265 g/mol. The van der Waals surface area contributed by atoms with Gasteiger partial charge in [-0.05, 0) is 31.9 Å². The molecule has 1 amide bonds. The Morgan fingerprint density at radius 2 is 2.26 bits per heavy atom. The van der Waals surface area contributed by atoms with E-state index in [2.05, 4.69) is 10.3 Å². The van der Waals surface area contributed by atoms with E-state index >= 15 is 0 Å². The minimum absolute atomic E-state index is 0.0493. The van der Waals surface area contributed by atoms with Gasteiger partial charge in [-0.25, -0.2) is 4.98 Å². The van der Waals surface area contributed by atoms with Gasteiger partial charge in [0.25, 0.3) is 5.91 Å². The fourth-order valence-corrected chi connectivity index (χ4v) is 1.94. The zero-order valence-electron chi connectivity index (χ0n) is 11.0. The minimum Gasteiger partial charge on any atom is -0.480 e. The highest BCUT2D eigenvalue weighted by Crippen LogP contribution is 2.18. The van der Waals surface area contributed by atoms with Gasteiger partial charge < -0.3 is 20.5 Å². The van der Waals surface area contributed by atoms with E-state index in [1.807, 2.05) is 6.92 Å². The molecule has 6 heteroatoms. The van der Waals surface area contributed by atoms with Crippen LogP contribution in [0.4, 0.5) is 5.82 Å². The average molecular weight is 265 g/mol. The number of hydrogen-bond donors (Lipinski definition) is 2. The number of nitrogens with zero attached hydrogens (tertiary/aromatic N) is 1. The average Bonchev–Trinajstić information content (AvgIpc) is 2.39. The molecule has 104 valence electrons. The molecule has 0 saturated carbocycles. The maximum atomic E-state index is 11.7. The Labute approximate surface area is 112 Å². The summed E-state index contributed by atoms with van der Waals surface area (Å²) < 4.78 is 10.6. The van der Waals surface area contributed by atoms with Crippen molar-refractivity contribution in [3.05, 3.63) is 17.8 Å². The van der Waals surface area contributed by atoms with E-state index in [1.165, 1.54) is 0 Å². The lowest BCUT2D eigenvalue weighted by molar-refractivity contribution is -0.124. The van der Waals surface area contributed by atoms with Crippen LogP contribution in [0.3, 0.4) is 0 Å².